The molecule has 1 unspecified atom stereocenters. The van der Waals surface area contributed by atoms with Crippen molar-refractivity contribution in [3.8, 4) is 0 Å². The van der Waals surface area contributed by atoms with Crippen LogP contribution in [0.2, 0.25) is 5.02 Å². The number of pyridine rings is 1. The lowest BCUT2D eigenvalue weighted by Gasteiger charge is -2.20. The molecule has 3 rings (SSSR count). The van der Waals surface area contributed by atoms with Gasteiger partial charge in [0.15, 0.2) is 5.96 Å². The van der Waals surface area contributed by atoms with Crippen LogP contribution in [-0.2, 0) is 17.9 Å². The van der Waals surface area contributed by atoms with Crippen LogP contribution in [0.5, 0.6) is 0 Å². The van der Waals surface area contributed by atoms with Gasteiger partial charge in [-0.2, -0.15) is 0 Å². The van der Waals surface area contributed by atoms with E-state index < -0.39 is 0 Å². The summed E-state index contributed by atoms with van der Waals surface area (Å²) >= 11 is 6.29. The molecule has 6 nitrogen and oxygen atoms in total. The van der Waals surface area contributed by atoms with E-state index in [1.54, 1.807) is 13.2 Å². The minimum absolute atomic E-state index is 0. The van der Waals surface area contributed by atoms with Gasteiger partial charge in [0.1, 0.15) is 5.82 Å². The Bertz CT molecular complexity index is 833. The van der Waals surface area contributed by atoms with Gasteiger partial charge in [0.25, 0.3) is 0 Å². The van der Waals surface area contributed by atoms with Gasteiger partial charge in [-0.25, -0.2) is 4.98 Å². The molecule has 1 aliphatic heterocycles. The van der Waals surface area contributed by atoms with Gasteiger partial charge in [-0.1, -0.05) is 35.9 Å². The molecule has 0 amide bonds. The van der Waals surface area contributed by atoms with E-state index in [0.29, 0.717) is 24.2 Å². The Kier molecular flexibility index (Phi) is 10.1. The maximum atomic E-state index is 6.29. The van der Waals surface area contributed by atoms with E-state index in [1.807, 2.05) is 26.0 Å². The van der Waals surface area contributed by atoms with Crippen LogP contribution in [0.4, 0.5) is 5.82 Å². The maximum absolute atomic E-state index is 6.29. The van der Waals surface area contributed by atoms with Crippen LogP contribution >= 0.6 is 35.6 Å². The lowest BCUT2D eigenvalue weighted by atomic mass is 10.1. The van der Waals surface area contributed by atoms with Crippen LogP contribution < -0.4 is 15.5 Å². The van der Waals surface area contributed by atoms with Crippen LogP contribution in [-0.4, -0.2) is 43.2 Å². The Hall–Kier alpha value is -1.58. The number of nitrogens with zero attached hydrogens (tertiary/aromatic N) is 3. The molecule has 0 radical (unpaired) electrons. The lowest BCUT2D eigenvalue weighted by Crippen LogP contribution is -2.44. The van der Waals surface area contributed by atoms with E-state index in [1.165, 1.54) is 11.1 Å². The molecule has 164 valence electrons. The molecule has 1 fully saturated rings. The monoisotopic (exact) mass is 543 g/mol. The number of nitrogens with one attached hydrogen (secondary N) is 2. The van der Waals surface area contributed by atoms with Gasteiger partial charge in [-0.15, -0.1) is 24.0 Å². The smallest absolute Gasteiger partial charge is 0.191 e. The zero-order chi connectivity index (χ0) is 20.6. The van der Waals surface area contributed by atoms with Gasteiger partial charge in [-0.3, -0.25) is 4.99 Å². The summed E-state index contributed by atoms with van der Waals surface area (Å²) in [6, 6.07) is 12.5. The molecule has 0 aliphatic carbocycles. The Morgan fingerprint density at radius 1 is 1.30 bits per heavy atom. The Balaban J connectivity index is 0.00000320. The first-order chi connectivity index (χ1) is 14.0. The summed E-state index contributed by atoms with van der Waals surface area (Å²) < 4.78 is 5.70. The Morgan fingerprint density at radius 2 is 2.10 bits per heavy atom. The average Bonchev–Trinajstić information content (AvgIpc) is 3.18. The van der Waals surface area contributed by atoms with Crippen molar-refractivity contribution < 1.29 is 4.74 Å². The van der Waals surface area contributed by atoms with Gasteiger partial charge >= 0.3 is 0 Å². The van der Waals surface area contributed by atoms with Crippen molar-refractivity contribution >= 4 is 47.4 Å². The van der Waals surface area contributed by atoms with Crippen molar-refractivity contribution in [2.75, 3.05) is 25.0 Å². The number of hydrogen-bond donors (Lipinski definition) is 2. The van der Waals surface area contributed by atoms with Crippen LogP contribution in [0.3, 0.4) is 0 Å². The van der Waals surface area contributed by atoms with E-state index in [0.717, 1.165) is 31.3 Å². The number of aliphatic imine (C=N–C) groups is 1. The third-order valence-corrected chi connectivity index (χ3v) is 5.12. The largest absolute Gasteiger partial charge is 0.374 e. The molecule has 2 aromatic rings. The van der Waals surface area contributed by atoms with Crippen molar-refractivity contribution in [3.63, 3.8) is 0 Å². The molecule has 0 spiro atoms. The SMILES string of the molecule is CN=C(NCc1cccc(COC(C)C)c1)NC1CCN(c2ncccc2Cl)C1.I. The molecule has 2 heterocycles. The second-order valence-electron chi connectivity index (χ2n) is 7.49. The van der Waals surface area contributed by atoms with Gasteiger partial charge in [0, 0.05) is 38.9 Å². The van der Waals surface area contributed by atoms with Crippen LogP contribution in [0, 0.1) is 0 Å². The highest BCUT2D eigenvalue weighted by Crippen LogP contribution is 2.25. The second-order valence-corrected chi connectivity index (χ2v) is 7.90. The number of rotatable bonds is 7. The summed E-state index contributed by atoms with van der Waals surface area (Å²) in [6.07, 6.45) is 3.02. The van der Waals surface area contributed by atoms with Crippen molar-refractivity contribution in [1.82, 2.24) is 15.6 Å². The summed E-state index contributed by atoms with van der Waals surface area (Å²) in [7, 11) is 1.80. The van der Waals surface area contributed by atoms with E-state index >= 15 is 0 Å². The fourth-order valence-electron chi connectivity index (χ4n) is 3.35. The summed E-state index contributed by atoms with van der Waals surface area (Å²) in [4.78, 5) is 11.0. The molecular formula is C22H31ClIN5O. The minimum Gasteiger partial charge on any atom is -0.374 e. The van der Waals surface area contributed by atoms with Crippen molar-refractivity contribution in [2.45, 2.75) is 45.6 Å². The molecule has 1 aromatic heterocycles. The van der Waals surface area contributed by atoms with Gasteiger partial charge in [0.05, 0.1) is 17.7 Å². The van der Waals surface area contributed by atoms with Crippen LogP contribution in [0.15, 0.2) is 47.6 Å². The number of halogens is 2. The minimum atomic E-state index is 0. The molecule has 0 bridgehead atoms. The van der Waals surface area contributed by atoms with Crippen molar-refractivity contribution in [3.05, 3.63) is 58.7 Å². The number of ether oxygens (including phenoxy) is 1. The first-order valence-corrected chi connectivity index (χ1v) is 10.4. The number of benzene rings is 1. The number of hydrogen-bond acceptors (Lipinski definition) is 4. The molecular weight excluding hydrogens is 513 g/mol. The number of anilines is 1. The van der Waals surface area contributed by atoms with Crippen molar-refractivity contribution in [1.29, 1.82) is 0 Å². The van der Waals surface area contributed by atoms with E-state index in [9.17, 15) is 0 Å². The fourth-order valence-corrected chi connectivity index (χ4v) is 3.59. The first kappa shape index (κ1) is 24.7. The number of aromatic nitrogens is 1. The summed E-state index contributed by atoms with van der Waals surface area (Å²) in [5.41, 5.74) is 2.38. The molecule has 30 heavy (non-hydrogen) atoms. The van der Waals surface area contributed by atoms with Gasteiger partial charge in [0.2, 0.25) is 0 Å². The molecule has 1 aromatic carbocycles. The highest BCUT2D eigenvalue weighted by molar-refractivity contribution is 14.0. The highest BCUT2D eigenvalue weighted by Gasteiger charge is 2.25. The maximum Gasteiger partial charge on any atom is 0.191 e. The lowest BCUT2D eigenvalue weighted by molar-refractivity contribution is 0.0657. The van der Waals surface area contributed by atoms with Gasteiger partial charge in [-0.05, 0) is 43.5 Å². The molecule has 1 aliphatic rings. The first-order valence-electron chi connectivity index (χ1n) is 10.1. The summed E-state index contributed by atoms with van der Waals surface area (Å²) in [5, 5.41) is 7.61. The Morgan fingerprint density at radius 3 is 2.83 bits per heavy atom. The van der Waals surface area contributed by atoms with E-state index in [2.05, 4.69) is 49.8 Å². The molecule has 0 saturated carbocycles. The quantitative estimate of drug-likeness (QED) is 0.311. The predicted molar refractivity (Wildman–Crippen MR) is 135 cm³/mol. The predicted octanol–water partition coefficient (Wildman–Crippen LogP) is 4.22. The summed E-state index contributed by atoms with van der Waals surface area (Å²) in [6.45, 7) is 7.20. The van der Waals surface area contributed by atoms with E-state index in [4.69, 9.17) is 16.3 Å². The topological polar surface area (TPSA) is 61.8 Å². The highest BCUT2D eigenvalue weighted by atomic mass is 127. The molecule has 2 N–H and O–H groups in total. The fraction of sp³-hybridized carbons (Fsp3) is 0.455. The Labute approximate surface area is 201 Å². The average molecular weight is 544 g/mol. The second kappa shape index (κ2) is 12.3. The zero-order valence-electron chi connectivity index (χ0n) is 17.8. The van der Waals surface area contributed by atoms with Crippen LogP contribution in [0.25, 0.3) is 0 Å². The molecule has 8 heteroatoms. The summed E-state index contributed by atoms with van der Waals surface area (Å²) in [5.74, 6) is 1.65. The van der Waals surface area contributed by atoms with E-state index in [-0.39, 0.29) is 30.1 Å². The normalized spacial score (nSPS) is 16.5. The standard InChI is InChI=1S/C22H30ClN5O.HI/c1-16(2)29-15-18-7-4-6-17(12-18)13-26-22(24-3)27-19-9-11-28(14-19)21-20(23)8-5-10-25-21;/h4-8,10,12,16,19H,9,11,13-15H2,1-3H3,(H2,24,26,27);1H. The van der Waals surface area contributed by atoms with Crippen LogP contribution in [0.1, 0.15) is 31.4 Å². The number of guanidine groups is 1. The molecule has 1 atom stereocenters. The van der Waals surface area contributed by atoms with Gasteiger partial charge < -0.3 is 20.3 Å². The third kappa shape index (κ3) is 7.28. The van der Waals surface area contributed by atoms with Crippen molar-refractivity contribution in [2.24, 2.45) is 4.99 Å². The molecule has 1 saturated heterocycles. The third-order valence-electron chi connectivity index (χ3n) is 4.83. The zero-order valence-corrected chi connectivity index (χ0v) is 20.9.